The van der Waals surface area contributed by atoms with Gasteiger partial charge in [-0.2, -0.15) is 18.6 Å². The van der Waals surface area contributed by atoms with Crippen molar-refractivity contribution in [2.24, 2.45) is 0 Å². The van der Waals surface area contributed by atoms with Crippen LogP contribution in [-0.2, 0) is 31.6 Å². The molecule has 16 nitrogen and oxygen atoms in total. The van der Waals surface area contributed by atoms with Gasteiger partial charge in [0.1, 0.15) is 12.4 Å². The first-order chi connectivity index (χ1) is 13.2. The van der Waals surface area contributed by atoms with Gasteiger partial charge in [-0.25, -0.2) is 13.7 Å². The summed E-state index contributed by atoms with van der Waals surface area (Å²) in [7, 11) is -16.2. The number of nitrogens with zero attached hydrogens (tertiary/aromatic N) is 2. The van der Waals surface area contributed by atoms with Crippen LogP contribution in [0.5, 0.6) is 5.88 Å². The maximum absolute atomic E-state index is 11.7. The van der Waals surface area contributed by atoms with Crippen molar-refractivity contribution in [2.75, 3.05) is 24.7 Å². The molecule has 1 aromatic rings. The third-order valence-corrected chi connectivity index (χ3v) is 6.99. The van der Waals surface area contributed by atoms with Gasteiger partial charge < -0.3 is 40.5 Å². The molecule has 0 saturated carbocycles. The van der Waals surface area contributed by atoms with Gasteiger partial charge in [0, 0.05) is 6.07 Å². The van der Waals surface area contributed by atoms with E-state index < -0.39 is 42.3 Å². The summed E-state index contributed by atoms with van der Waals surface area (Å²) < 4.78 is 56.1. The molecule has 0 amide bonds. The summed E-state index contributed by atoms with van der Waals surface area (Å²) in [6.45, 7) is -0.463. The highest BCUT2D eigenvalue weighted by atomic mass is 31.3. The predicted molar refractivity (Wildman–Crippen MR) is 94.1 cm³/mol. The molecule has 0 radical (unpaired) electrons. The fraction of sp³-hybridized carbons (Fsp3) is 0.600. The molecule has 0 aromatic carbocycles. The first-order valence-electron chi connectivity index (χ1n) is 7.70. The minimum absolute atomic E-state index is 0.0572. The van der Waals surface area contributed by atoms with E-state index >= 15 is 0 Å². The van der Waals surface area contributed by atoms with Crippen molar-refractivity contribution >= 4 is 35.2 Å². The predicted octanol–water partition coefficient (Wildman–Crippen LogP) is -0.0893. The number of ether oxygens (including phenoxy) is 2. The fourth-order valence-corrected chi connectivity index (χ4v) is 5.27. The second-order valence-electron chi connectivity index (χ2n) is 5.64. The molecule has 1 saturated heterocycles. The molecule has 29 heavy (non-hydrogen) atoms. The van der Waals surface area contributed by atoms with Crippen LogP contribution in [0, 0.1) is 0 Å². The van der Waals surface area contributed by atoms with Crippen molar-refractivity contribution in [2.45, 2.75) is 25.0 Å². The Balaban J connectivity index is 1.78. The van der Waals surface area contributed by atoms with E-state index in [1.807, 2.05) is 0 Å². The van der Waals surface area contributed by atoms with Crippen molar-refractivity contribution in [1.29, 1.82) is 0 Å². The first kappa shape index (κ1) is 24.1. The van der Waals surface area contributed by atoms with Crippen LogP contribution in [0.3, 0.4) is 0 Å². The largest absolute Gasteiger partial charge is 0.490 e. The van der Waals surface area contributed by atoms with Crippen molar-refractivity contribution in [3.8, 4) is 5.88 Å². The van der Waals surface area contributed by atoms with Gasteiger partial charge in [-0.1, -0.05) is 0 Å². The van der Waals surface area contributed by atoms with Gasteiger partial charge in [-0.15, -0.1) is 0 Å². The Kier molecular flexibility index (Phi) is 7.76. The Morgan fingerprint density at radius 1 is 1.00 bits per heavy atom. The highest BCUT2D eigenvalue weighted by molar-refractivity contribution is 7.66. The van der Waals surface area contributed by atoms with E-state index in [2.05, 4.69) is 23.1 Å². The third-order valence-electron chi connectivity index (χ3n) is 3.19. The normalized spacial score (nSPS) is 24.0. The average Bonchev–Trinajstić information content (AvgIpc) is 2.94. The van der Waals surface area contributed by atoms with E-state index in [0.29, 0.717) is 12.8 Å². The van der Waals surface area contributed by atoms with Crippen LogP contribution in [0.1, 0.15) is 12.8 Å². The molecule has 0 aliphatic carbocycles. The Hall–Kier alpha value is -1.15. The summed E-state index contributed by atoms with van der Waals surface area (Å²) in [5, 5.41) is 0. The van der Waals surface area contributed by atoms with Gasteiger partial charge in [0.15, 0.2) is 0 Å². The van der Waals surface area contributed by atoms with E-state index in [1.165, 1.54) is 6.07 Å². The second-order valence-corrected chi connectivity index (χ2v) is 10.1. The number of hydrogen-bond acceptors (Lipinski definition) is 12. The number of nitrogens with two attached hydrogens (primary N) is 2. The third kappa shape index (κ3) is 9.03. The Morgan fingerprint density at radius 2 is 1.62 bits per heavy atom. The van der Waals surface area contributed by atoms with Gasteiger partial charge in [0.05, 0.1) is 18.8 Å². The molecule has 2 unspecified atom stereocenters. The molecule has 19 heteroatoms. The van der Waals surface area contributed by atoms with E-state index in [0.717, 1.165) is 0 Å². The smallest absolute Gasteiger partial charge is 0.475 e. The lowest BCUT2D eigenvalue weighted by Crippen LogP contribution is -2.21. The van der Waals surface area contributed by atoms with Crippen LogP contribution in [0.4, 0.5) is 11.8 Å². The summed E-state index contributed by atoms with van der Waals surface area (Å²) in [5.41, 5.74) is 11.0. The van der Waals surface area contributed by atoms with Gasteiger partial charge in [0.2, 0.25) is 11.8 Å². The van der Waals surface area contributed by atoms with E-state index in [4.69, 9.17) is 35.6 Å². The topological polar surface area (TPSA) is 256 Å². The molecule has 1 fully saturated rings. The molecular weight excluding hydrogens is 461 g/mol. The monoisotopic (exact) mass is 480 g/mol. The second kappa shape index (κ2) is 9.33. The zero-order valence-corrected chi connectivity index (χ0v) is 17.2. The molecule has 0 bridgehead atoms. The van der Waals surface area contributed by atoms with Gasteiger partial charge in [-0.05, 0) is 12.8 Å². The van der Waals surface area contributed by atoms with E-state index in [-0.39, 0.29) is 24.3 Å². The number of anilines is 2. The minimum Gasteiger partial charge on any atom is -0.475 e. The maximum Gasteiger partial charge on any atom is 0.490 e. The van der Waals surface area contributed by atoms with Crippen LogP contribution in [0.2, 0.25) is 0 Å². The summed E-state index contributed by atoms with van der Waals surface area (Å²) in [5.74, 6) is 0.185. The Labute approximate surface area is 163 Å². The summed E-state index contributed by atoms with van der Waals surface area (Å²) in [4.78, 5) is 42.9. The number of rotatable bonds is 10. The lowest BCUT2D eigenvalue weighted by Gasteiger charge is -2.18. The highest BCUT2D eigenvalue weighted by Crippen LogP contribution is 2.66. The number of nitrogen functional groups attached to an aromatic ring is 2. The van der Waals surface area contributed by atoms with Crippen LogP contribution in [0.15, 0.2) is 6.07 Å². The molecule has 0 spiro atoms. The van der Waals surface area contributed by atoms with Gasteiger partial charge in [0.25, 0.3) is 0 Å². The van der Waals surface area contributed by atoms with Crippen molar-refractivity contribution in [1.82, 2.24) is 9.97 Å². The van der Waals surface area contributed by atoms with Crippen LogP contribution < -0.4 is 16.2 Å². The van der Waals surface area contributed by atoms with E-state index in [9.17, 15) is 18.6 Å². The molecule has 2 heterocycles. The van der Waals surface area contributed by atoms with Crippen molar-refractivity contribution in [3.05, 3.63) is 6.07 Å². The minimum atomic E-state index is -5.56. The van der Waals surface area contributed by atoms with Crippen LogP contribution >= 0.6 is 23.5 Å². The van der Waals surface area contributed by atoms with Crippen molar-refractivity contribution < 1.29 is 55.9 Å². The number of phosphoric acid groups is 3. The molecule has 2 rings (SSSR count). The molecule has 1 aliphatic heterocycles. The average molecular weight is 480 g/mol. The standard InChI is InChI=1S/C10H19N4O12P3/c11-8-3-9(14-10(12)13-8)22-4-6-1-2-7(24-6)5-23-28(18,19)26-29(20,21)25-27(15,16)17/h3,6-7H,1-2,4-5H2,(H,18,19)(H,20,21)(H2,15,16,17)(H4,11,12,13,14)/t6-,7+/m1/s1. The highest BCUT2D eigenvalue weighted by Gasteiger charge is 2.41. The fourth-order valence-electron chi connectivity index (χ4n) is 2.22. The molecule has 8 N–H and O–H groups in total. The van der Waals surface area contributed by atoms with Crippen LogP contribution in [-0.4, -0.2) is 55.0 Å². The zero-order chi connectivity index (χ0) is 21.9. The number of aromatic nitrogens is 2. The molecule has 1 aliphatic rings. The first-order valence-corrected chi connectivity index (χ1v) is 12.2. The Bertz CT molecular complexity index is 844. The molecule has 1 aromatic heterocycles. The SMILES string of the molecule is Nc1cc(OC[C@H]2CC[C@@H](COP(=O)(O)OP(=O)(O)OP(=O)(O)O)O2)nc(N)n1. The maximum atomic E-state index is 11.7. The molecule has 166 valence electrons. The van der Waals surface area contributed by atoms with Gasteiger partial charge >= 0.3 is 23.5 Å². The lowest BCUT2D eigenvalue weighted by atomic mass is 10.2. The summed E-state index contributed by atoms with van der Waals surface area (Å²) >= 11 is 0. The van der Waals surface area contributed by atoms with Crippen LogP contribution in [0.25, 0.3) is 0 Å². The lowest BCUT2D eigenvalue weighted by molar-refractivity contribution is -0.00795. The summed E-state index contributed by atoms with van der Waals surface area (Å²) in [6, 6.07) is 1.36. The summed E-state index contributed by atoms with van der Waals surface area (Å²) in [6.07, 6.45) is -0.242. The zero-order valence-electron chi connectivity index (χ0n) is 14.5. The van der Waals surface area contributed by atoms with Crippen molar-refractivity contribution in [3.63, 3.8) is 0 Å². The number of phosphoric ester groups is 1. The molecule has 4 atom stereocenters. The van der Waals surface area contributed by atoms with Gasteiger partial charge in [-0.3, -0.25) is 4.52 Å². The Morgan fingerprint density at radius 3 is 2.21 bits per heavy atom. The quantitative estimate of drug-likeness (QED) is 0.239. The van der Waals surface area contributed by atoms with E-state index in [1.54, 1.807) is 0 Å². The number of hydrogen-bond donors (Lipinski definition) is 6. The molecular formula is C10H19N4O12P3.